The number of hydrogen-bond acceptors (Lipinski definition) is 2. The number of rotatable bonds is 5. The third-order valence-electron chi connectivity index (χ3n) is 1.57. The van der Waals surface area contributed by atoms with Crippen LogP contribution >= 0.6 is 0 Å². The molecule has 0 bridgehead atoms. The molecule has 0 aliphatic rings. The monoisotopic (exact) mass is 183 g/mol. The lowest BCUT2D eigenvalue weighted by Gasteiger charge is -2.19. The van der Waals surface area contributed by atoms with Gasteiger partial charge in [0.05, 0.1) is 5.54 Å². The molecular formula is C10H17NO2. The molecule has 3 nitrogen and oxygen atoms in total. The summed E-state index contributed by atoms with van der Waals surface area (Å²) in [5.41, 5.74) is -0.551. The Kier molecular flexibility index (Phi) is 5.17. The first-order valence-corrected chi connectivity index (χ1v) is 4.29. The number of hydrogen-bond donors (Lipinski definition) is 1. The van der Waals surface area contributed by atoms with Crippen LogP contribution in [0.3, 0.4) is 0 Å². The molecule has 0 heterocycles. The number of methoxy groups -OCH3 is 1. The third kappa shape index (κ3) is 6.18. The average Bonchev–Trinajstić information content (AvgIpc) is 2.04. The second kappa shape index (κ2) is 5.60. The molecule has 0 radical (unpaired) electrons. The fraction of sp³-hybridized carbons (Fsp3) is 0.700. The van der Waals surface area contributed by atoms with Crippen molar-refractivity contribution in [1.29, 1.82) is 0 Å². The summed E-state index contributed by atoms with van der Waals surface area (Å²) < 4.78 is 4.83. The summed E-state index contributed by atoms with van der Waals surface area (Å²) >= 11 is 0. The van der Waals surface area contributed by atoms with Crippen LogP contribution in [-0.4, -0.2) is 25.2 Å². The molecule has 0 saturated carbocycles. The van der Waals surface area contributed by atoms with Crippen LogP contribution in [0.5, 0.6) is 0 Å². The molecule has 0 aliphatic heterocycles. The number of terminal acetylenes is 1. The van der Waals surface area contributed by atoms with E-state index in [0.717, 1.165) is 6.42 Å². The van der Waals surface area contributed by atoms with E-state index in [-0.39, 0.29) is 5.91 Å². The zero-order valence-electron chi connectivity index (χ0n) is 8.52. The van der Waals surface area contributed by atoms with Crippen molar-refractivity contribution in [2.45, 2.75) is 32.2 Å². The van der Waals surface area contributed by atoms with Gasteiger partial charge in [-0.05, 0) is 20.3 Å². The van der Waals surface area contributed by atoms with Crippen LogP contribution in [0.1, 0.15) is 26.7 Å². The van der Waals surface area contributed by atoms with Gasteiger partial charge < -0.3 is 10.1 Å². The predicted octanol–water partition coefficient (Wildman–Crippen LogP) is 0.941. The molecule has 0 unspecified atom stereocenters. The summed E-state index contributed by atoms with van der Waals surface area (Å²) in [6.45, 7) is 4.19. The lowest BCUT2D eigenvalue weighted by Crippen LogP contribution is -2.42. The molecule has 0 saturated heterocycles. The van der Waals surface area contributed by atoms with Crippen LogP contribution < -0.4 is 5.32 Å². The second-order valence-corrected chi connectivity index (χ2v) is 3.41. The van der Waals surface area contributed by atoms with Gasteiger partial charge in [0.25, 0.3) is 0 Å². The number of nitrogens with one attached hydrogen (secondary N) is 1. The minimum Gasteiger partial charge on any atom is -0.385 e. The summed E-state index contributed by atoms with van der Waals surface area (Å²) in [4.78, 5) is 11.2. The van der Waals surface area contributed by atoms with Crippen molar-refractivity contribution in [3.8, 4) is 12.3 Å². The van der Waals surface area contributed by atoms with Crippen LogP contribution in [0, 0.1) is 12.3 Å². The van der Waals surface area contributed by atoms with Gasteiger partial charge in [-0.15, -0.1) is 6.42 Å². The van der Waals surface area contributed by atoms with Gasteiger partial charge >= 0.3 is 0 Å². The van der Waals surface area contributed by atoms with Crippen LogP contribution in [0.25, 0.3) is 0 Å². The molecular weight excluding hydrogens is 166 g/mol. The molecule has 3 heteroatoms. The van der Waals surface area contributed by atoms with Crippen molar-refractivity contribution < 1.29 is 9.53 Å². The second-order valence-electron chi connectivity index (χ2n) is 3.41. The topological polar surface area (TPSA) is 38.3 Å². The van der Waals surface area contributed by atoms with Crippen LogP contribution in [0.15, 0.2) is 0 Å². The Labute approximate surface area is 79.8 Å². The van der Waals surface area contributed by atoms with Crippen molar-refractivity contribution in [1.82, 2.24) is 5.32 Å². The molecule has 1 N–H and O–H groups in total. The molecule has 0 spiro atoms. The lowest BCUT2D eigenvalue weighted by molar-refractivity contribution is -0.122. The molecule has 0 aromatic heterocycles. The minimum atomic E-state index is -0.551. The first-order chi connectivity index (χ1) is 6.02. The Balaban J connectivity index is 3.70. The summed E-state index contributed by atoms with van der Waals surface area (Å²) in [5, 5.41) is 2.73. The van der Waals surface area contributed by atoms with E-state index < -0.39 is 5.54 Å². The van der Waals surface area contributed by atoms with Crippen LogP contribution in [-0.2, 0) is 9.53 Å². The van der Waals surface area contributed by atoms with E-state index >= 15 is 0 Å². The zero-order chi connectivity index (χ0) is 10.3. The normalized spacial score (nSPS) is 10.6. The Morgan fingerprint density at radius 3 is 2.69 bits per heavy atom. The molecule has 0 atom stereocenters. The van der Waals surface area contributed by atoms with E-state index in [4.69, 9.17) is 11.2 Å². The molecule has 0 rings (SSSR count). The van der Waals surface area contributed by atoms with Gasteiger partial charge in [0.1, 0.15) is 0 Å². The molecule has 0 aliphatic carbocycles. The highest BCUT2D eigenvalue weighted by atomic mass is 16.5. The summed E-state index contributed by atoms with van der Waals surface area (Å²) in [6, 6.07) is 0. The van der Waals surface area contributed by atoms with Crippen molar-refractivity contribution in [3.05, 3.63) is 0 Å². The van der Waals surface area contributed by atoms with E-state index in [9.17, 15) is 4.79 Å². The van der Waals surface area contributed by atoms with E-state index in [2.05, 4.69) is 11.2 Å². The zero-order valence-corrected chi connectivity index (χ0v) is 8.52. The highest BCUT2D eigenvalue weighted by molar-refractivity contribution is 5.77. The number of carbonyl (C=O) groups is 1. The SMILES string of the molecule is C#CC(C)(C)NC(=O)CCCOC. The molecule has 0 fully saturated rings. The summed E-state index contributed by atoms with van der Waals surface area (Å²) in [6.07, 6.45) is 6.40. The van der Waals surface area contributed by atoms with Crippen molar-refractivity contribution in [3.63, 3.8) is 0 Å². The van der Waals surface area contributed by atoms with Crippen LogP contribution in [0.4, 0.5) is 0 Å². The Morgan fingerprint density at radius 2 is 2.23 bits per heavy atom. The largest absolute Gasteiger partial charge is 0.385 e. The maximum atomic E-state index is 11.2. The maximum absolute atomic E-state index is 11.2. The number of amides is 1. The summed E-state index contributed by atoms with van der Waals surface area (Å²) in [7, 11) is 1.61. The highest BCUT2D eigenvalue weighted by Gasteiger charge is 2.15. The fourth-order valence-corrected chi connectivity index (χ4v) is 0.824. The van der Waals surface area contributed by atoms with E-state index in [1.807, 2.05) is 0 Å². The maximum Gasteiger partial charge on any atom is 0.221 e. The van der Waals surface area contributed by atoms with E-state index in [0.29, 0.717) is 13.0 Å². The van der Waals surface area contributed by atoms with Crippen LogP contribution in [0.2, 0.25) is 0 Å². The predicted molar refractivity (Wildman–Crippen MR) is 52.2 cm³/mol. The fourth-order valence-electron chi connectivity index (χ4n) is 0.824. The molecule has 0 aromatic rings. The van der Waals surface area contributed by atoms with Crippen molar-refractivity contribution >= 4 is 5.91 Å². The molecule has 13 heavy (non-hydrogen) atoms. The van der Waals surface area contributed by atoms with Gasteiger partial charge in [0.15, 0.2) is 0 Å². The molecule has 0 aromatic carbocycles. The Bertz CT molecular complexity index is 203. The third-order valence-corrected chi connectivity index (χ3v) is 1.57. The number of ether oxygens (including phenoxy) is 1. The van der Waals surface area contributed by atoms with E-state index in [1.165, 1.54) is 0 Å². The smallest absolute Gasteiger partial charge is 0.221 e. The van der Waals surface area contributed by atoms with Gasteiger partial charge in [-0.1, -0.05) is 5.92 Å². The number of carbonyl (C=O) groups excluding carboxylic acids is 1. The van der Waals surface area contributed by atoms with Crippen molar-refractivity contribution in [2.75, 3.05) is 13.7 Å². The van der Waals surface area contributed by atoms with Crippen molar-refractivity contribution in [2.24, 2.45) is 0 Å². The van der Waals surface area contributed by atoms with Gasteiger partial charge in [0.2, 0.25) is 5.91 Å². The standard InChI is InChI=1S/C10H17NO2/c1-5-10(2,3)11-9(12)7-6-8-13-4/h1H,6-8H2,2-4H3,(H,11,12). The average molecular weight is 183 g/mol. The minimum absolute atomic E-state index is 0.0278. The first kappa shape index (κ1) is 12.0. The Morgan fingerprint density at radius 1 is 1.62 bits per heavy atom. The highest BCUT2D eigenvalue weighted by Crippen LogP contribution is 2.00. The Hall–Kier alpha value is -1.01. The van der Waals surface area contributed by atoms with Gasteiger partial charge in [0, 0.05) is 20.1 Å². The molecule has 74 valence electrons. The first-order valence-electron chi connectivity index (χ1n) is 4.29. The quantitative estimate of drug-likeness (QED) is 0.509. The van der Waals surface area contributed by atoms with E-state index in [1.54, 1.807) is 21.0 Å². The lowest BCUT2D eigenvalue weighted by atomic mass is 10.1. The van der Waals surface area contributed by atoms with Gasteiger partial charge in [-0.2, -0.15) is 0 Å². The molecule has 1 amide bonds. The summed E-state index contributed by atoms with van der Waals surface area (Å²) in [5.74, 6) is 2.47. The van der Waals surface area contributed by atoms with Gasteiger partial charge in [-0.25, -0.2) is 0 Å². The van der Waals surface area contributed by atoms with Gasteiger partial charge in [-0.3, -0.25) is 4.79 Å².